The van der Waals surface area contributed by atoms with E-state index in [0.29, 0.717) is 12.1 Å². The van der Waals surface area contributed by atoms with E-state index in [9.17, 15) is 9.59 Å². The molecule has 1 aromatic rings. The number of carbonyl (C=O) groups excluding carboxylic acids is 2. The molecule has 5 heteroatoms. The molecular weight excluding hydrogens is 293 g/mol. The normalized spacial score (nSPS) is 19.9. The summed E-state index contributed by atoms with van der Waals surface area (Å²) in [5, 5.41) is -0.115. The van der Waals surface area contributed by atoms with E-state index in [-0.39, 0.29) is 27.8 Å². The van der Waals surface area contributed by atoms with E-state index in [2.05, 4.69) is 35.5 Å². The highest BCUT2D eigenvalue weighted by Gasteiger charge is 2.39. The SMILES string of the molecule is BC(C)(C)C(C)(C)c1ccc(N2C(=O)CC(SC)C2=O)cc1. The van der Waals surface area contributed by atoms with E-state index in [1.54, 1.807) is 0 Å². The van der Waals surface area contributed by atoms with Gasteiger partial charge in [-0.2, -0.15) is 11.8 Å². The number of rotatable bonds is 4. The van der Waals surface area contributed by atoms with Crippen LogP contribution in [0.5, 0.6) is 0 Å². The summed E-state index contributed by atoms with van der Waals surface area (Å²) in [7, 11) is 2.22. The molecule has 0 radical (unpaired) electrons. The molecule has 22 heavy (non-hydrogen) atoms. The Kier molecular flexibility index (Phi) is 4.49. The Labute approximate surface area is 138 Å². The Morgan fingerprint density at radius 3 is 2.09 bits per heavy atom. The molecular formula is C17H24BNO2S. The van der Waals surface area contributed by atoms with Gasteiger partial charge in [0.05, 0.1) is 10.9 Å². The molecule has 0 spiro atoms. The third-order valence-electron chi connectivity index (χ3n) is 5.11. The quantitative estimate of drug-likeness (QED) is 0.633. The maximum atomic E-state index is 12.3. The highest BCUT2D eigenvalue weighted by atomic mass is 32.2. The average Bonchev–Trinajstić information content (AvgIpc) is 2.72. The fraction of sp³-hybridized carbons (Fsp3) is 0.529. The van der Waals surface area contributed by atoms with Gasteiger partial charge in [0.15, 0.2) is 0 Å². The predicted octanol–water partition coefficient (Wildman–Crippen LogP) is 2.79. The maximum Gasteiger partial charge on any atom is 0.247 e. The third kappa shape index (κ3) is 2.83. The number of hydrogen-bond acceptors (Lipinski definition) is 3. The predicted molar refractivity (Wildman–Crippen MR) is 96.5 cm³/mol. The van der Waals surface area contributed by atoms with Gasteiger partial charge in [-0.25, -0.2) is 4.90 Å². The molecule has 1 atom stereocenters. The van der Waals surface area contributed by atoms with Crippen molar-refractivity contribution in [1.82, 2.24) is 0 Å². The topological polar surface area (TPSA) is 37.4 Å². The van der Waals surface area contributed by atoms with Crippen LogP contribution in [-0.2, 0) is 15.0 Å². The van der Waals surface area contributed by atoms with Crippen LogP contribution < -0.4 is 4.90 Å². The smallest absolute Gasteiger partial charge is 0.247 e. The summed E-state index contributed by atoms with van der Waals surface area (Å²) in [6.07, 6.45) is 2.17. The van der Waals surface area contributed by atoms with Gasteiger partial charge in [-0.1, -0.05) is 45.1 Å². The molecule has 1 unspecified atom stereocenters. The number of nitrogens with zero attached hydrogens (tertiary/aromatic N) is 1. The minimum atomic E-state index is -0.238. The minimum absolute atomic E-state index is 0.00631. The van der Waals surface area contributed by atoms with Crippen LogP contribution in [0.4, 0.5) is 5.69 Å². The van der Waals surface area contributed by atoms with E-state index in [0.717, 1.165) is 0 Å². The summed E-state index contributed by atoms with van der Waals surface area (Å²) >= 11 is 1.44. The van der Waals surface area contributed by atoms with Crippen LogP contribution in [0.15, 0.2) is 24.3 Å². The molecule has 0 aromatic heterocycles. The molecule has 1 aliphatic rings. The second-order valence-corrected chi connectivity index (χ2v) is 8.46. The van der Waals surface area contributed by atoms with Crippen molar-refractivity contribution >= 4 is 37.1 Å². The van der Waals surface area contributed by atoms with Gasteiger partial charge in [-0.05, 0) is 29.4 Å². The van der Waals surface area contributed by atoms with Gasteiger partial charge in [-0.15, -0.1) is 0 Å². The second-order valence-electron chi connectivity index (χ2n) is 7.42. The average molecular weight is 317 g/mol. The summed E-state index contributed by atoms with van der Waals surface area (Å²) in [5.74, 6) is -0.201. The zero-order valence-corrected chi connectivity index (χ0v) is 15.1. The zero-order valence-electron chi connectivity index (χ0n) is 14.3. The van der Waals surface area contributed by atoms with Crippen molar-refractivity contribution in [3.05, 3.63) is 29.8 Å². The van der Waals surface area contributed by atoms with Crippen molar-refractivity contribution in [2.75, 3.05) is 11.2 Å². The van der Waals surface area contributed by atoms with Crippen molar-refractivity contribution in [2.45, 2.75) is 50.1 Å². The molecule has 2 amide bonds. The Hall–Kier alpha value is -1.23. The number of benzene rings is 1. The fourth-order valence-electron chi connectivity index (χ4n) is 2.52. The largest absolute Gasteiger partial charge is 0.274 e. The van der Waals surface area contributed by atoms with E-state index in [4.69, 9.17) is 0 Å². The van der Waals surface area contributed by atoms with Crippen LogP contribution in [0, 0.1) is 0 Å². The molecule has 0 saturated carbocycles. The van der Waals surface area contributed by atoms with Crippen molar-refractivity contribution in [3.63, 3.8) is 0 Å². The molecule has 1 fully saturated rings. The Balaban J connectivity index is 2.31. The molecule has 118 valence electrons. The van der Waals surface area contributed by atoms with E-state index >= 15 is 0 Å². The van der Waals surface area contributed by atoms with E-state index < -0.39 is 0 Å². The summed E-state index contributed by atoms with van der Waals surface area (Å²) in [5.41, 5.74) is 1.90. The molecule has 1 heterocycles. The van der Waals surface area contributed by atoms with Gasteiger partial charge in [0, 0.05) is 6.42 Å². The molecule has 2 rings (SSSR count). The lowest BCUT2D eigenvalue weighted by atomic mass is 9.54. The first-order valence-electron chi connectivity index (χ1n) is 7.59. The highest BCUT2D eigenvalue weighted by Crippen LogP contribution is 2.44. The Morgan fingerprint density at radius 2 is 1.68 bits per heavy atom. The molecule has 1 aliphatic heterocycles. The van der Waals surface area contributed by atoms with Crippen LogP contribution in [0.25, 0.3) is 0 Å². The summed E-state index contributed by atoms with van der Waals surface area (Å²) in [6.45, 7) is 8.88. The molecule has 3 nitrogen and oxygen atoms in total. The highest BCUT2D eigenvalue weighted by molar-refractivity contribution is 8.00. The Morgan fingerprint density at radius 1 is 1.14 bits per heavy atom. The van der Waals surface area contributed by atoms with Crippen LogP contribution in [0.3, 0.4) is 0 Å². The molecule has 1 saturated heterocycles. The van der Waals surface area contributed by atoms with Crippen LogP contribution in [0.2, 0.25) is 5.31 Å². The first-order chi connectivity index (χ1) is 10.1. The van der Waals surface area contributed by atoms with Gasteiger partial charge in [0.25, 0.3) is 0 Å². The summed E-state index contributed by atoms with van der Waals surface area (Å²) in [6, 6.07) is 7.85. The lowest BCUT2D eigenvalue weighted by Crippen LogP contribution is -2.32. The van der Waals surface area contributed by atoms with E-state index in [1.807, 2.05) is 30.5 Å². The number of thioether (sulfide) groups is 1. The fourth-order valence-corrected chi connectivity index (χ4v) is 3.14. The van der Waals surface area contributed by atoms with Crippen LogP contribution in [-0.4, -0.2) is 31.2 Å². The molecule has 0 bridgehead atoms. The summed E-state index contributed by atoms with van der Waals surface area (Å²) in [4.78, 5) is 25.7. The van der Waals surface area contributed by atoms with Gasteiger partial charge < -0.3 is 0 Å². The first kappa shape index (κ1) is 17.1. The van der Waals surface area contributed by atoms with Crippen molar-refractivity contribution in [2.24, 2.45) is 0 Å². The lowest BCUT2D eigenvalue weighted by Gasteiger charge is -2.39. The number of carbonyl (C=O) groups is 2. The number of amides is 2. The van der Waals surface area contributed by atoms with E-state index in [1.165, 1.54) is 22.2 Å². The van der Waals surface area contributed by atoms with Crippen LogP contribution >= 0.6 is 11.8 Å². The van der Waals surface area contributed by atoms with Gasteiger partial charge >= 0.3 is 0 Å². The second kappa shape index (κ2) is 5.76. The standard InChI is InChI=1S/C17H24BNO2S/c1-16(2,17(3,4)18)11-6-8-12(9-7-11)19-14(20)10-13(22-5)15(19)21/h6-9,13H,10,18H2,1-5H3. The molecule has 1 aromatic carbocycles. The van der Waals surface area contributed by atoms with Crippen molar-refractivity contribution < 1.29 is 9.59 Å². The number of anilines is 1. The van der Waals surface area contributed by atoms with Gasteiger partial charge in [0.2, 0.25) is 11.8 Å². The summed E-state index contributed by atoms with van der Waals surface area (Å²) < 4.78 is 0. The third-order valence-corrected chi connectivity index (χ3v) is 6.05. The first-order valence-corrected chi connectivity index (χ1v) is 8.88. The lowest BCUT2D eigenvalue weighted by molar-refractivity contribution is -0.121. The molecule has 0 aliphatic carbocycles. The Bertz CT molecular complexity index is 590. The van der Waals surface area contributed by atoms with Crippen molar-refractivity contribution in [3.8, 4) is 0 Å². The monoisotopic (exact) mass is 317 g/mol. The molecule has 0 N–H and O–H groups in total. The zero-order chi connectivity index (χ0) is 16.7. The van der Waals surface area contributed by atoms with Gasteiger partial charge in [-0.3, -0.25) is 9.59 Å². The van der Waals surface area contributed by atoms with Crippen molar-refractivity contribution in [1.29, 1.82) is 0 Å². The van der Waals surface area contributed by atoms with Gasteiger partial charge in [0.1, 0.15) is 7.85 Å². The number of hydrogen-bond donors (Lipinski definition) is 0. The van der Waals surface area contributed by atoms with Crippen LogP contribution in [0.1, 0.15) is 39.7 Å². The minimum Gasteiger partial charge on any atom is -0.274 e. The number of imide groups is 1. The maximum absolute atomic E-state index is 12.3.